The summed E-state index contributed by atoms with van der Waals surface area (Å²) < 4.78 is 19.4. The summed E-state index contributed by atoms with van der Waals surface area (Å²) in [5, 5.41) is 0. The summed E-state index contributed by atoms with van der Waals surface area (Å²) in [4.78, 5) is 4.01. The van der Waals surface area contributed by atoms with Crippen LogP contribution >= 0.6 is 15.9 Å². The van der Waals surface area contributed by atoms with E-state index >= 15 is 0 Å². The SMILES string of the molecule is COc1cnccc1C(Cc1cc(F)cc(Br)c1)NN. The first kappa shape index (κ1) is 14.9. The van der Waals surface area contributed by atoms with Crippen molar-refractivity contribution in [1.29, 1.82) is 0 Å². The predicted molar refractivity (Wildman–Crippen MR) is 78.7 cm³/mol. The normalized spacial score (nSPS) is 12.2. The number of hydrogen-bond acceptors (Lipinski definition) is 4. The van der Waals surface area contributed by atoms with Crippen LogP contribution < -0.4 is 16.0 Å². The molecule has 1 unspecified atom stereocenters. The van der Waals surface area contributed by atoms with E-state index in [-0.39, 0.29) is 11.9 Å². The molecule has 0 fully saturated rings. The highest BCUT2D eigenvalue weighted by atomic mass is 79.9. The number of ether oxygens (including phenoxy) is 1. The molecule has 106 valence electrons. The molecular weight excluding hydrogens is 325 g/mol. The number of hydrogen-bond donors (Lipinski definition) is 2. The maximum Gasteiger partial charge on any atom is 0.141 e. The van der Waals surface area contributed by atoms with Crippen LogP contribution in [0, 0.1) is 5.82 Å². The number of methoxy groups -OCH3 is 1. The Labute approximate surface area is 125 Å². The molecule has 0 aliphatic rings. The lowest BCUT2D eigenvalue weighted by molar-refractivity contribution is 0.397. The molecule has 0 aliphatic heterocycles. The van der Waals surface area contributed by atoms with E-state index in [1.54, 1.807) is 19.5 Å². The van der Waals surface area contributed by atoms with Gasteiger partial charge >= 0.3 is 0 Å². The number of aromatic nitrogens is 1. The Bertz CT molecular complexity index is 574. The first-order valence-corrected chi connectivity index (χ1v) is 6.82. The van der Waals surface area contributed by atoms with E-state index in [1.165, 1.54) is 12.1 Å². The lowest BCUT2D eigenvalue weighted by Gasteiger charge is -2.19. The molecule has 1 aromatic heterocycles. The molecule has 0 spiro atoms. The second kappa shape index (κ2) is 6.78. The third-order valence-corrected chi connectivity index (χ3v) is 3.43. The van der Waals surface area contributed by atoms with Crippen molar-refractivity contribution in [3.05, 3.63) is 58.1 Å². The molecule has 1 atom stereocenters. The number of halogens is 2. The largest absolute Gasteiger partial charge is 0.495 e. The predicted octanol–water partition coefficient (Wildman–Crippen LogP) is 2.74. The fourth-order valence-corrected chi connectivity index (χ4v) is 2.59. The summed E-state index contributed by atoms with van der Waals surface area (Å²) in [6, 6.07) is 6.41. The van der Waals surface area contributed by atoms with Crippen molar-refractivity contribution >= 4 is 15.9 Å². The summed E-state index contributed by atoms with van der Waals surface area (Å²) >= 11 is 3.28. The molecule has 1 heterocycles. The zero-order valence-corrected chi connectivity index (χ0v) is 12.5. The van der Waals surface area contributed by atoms with Crippen LogP contribution in [0.1, 0.15) is 17.2 Å². The zero-order valence-electron chi connectivity index (χ0n) is 10.9. The summed E-state index contributed by atoms with van der Waals surface area (Å²) in [6.07, 6.45) is 3.83. The summed E-state index contributed by atoms with van der Waals surface area (Å²) in [6.45, 7) is 0. The van der Waals surface area contributed by atoms with Crippen molar-refractivity contribution in [1.82, 2.24) is 10.4 Å². The zero-order chi connectivity index (χ0) is 14.5. The highest BCUT2D eigenvalue weighted by Gasteiger charge is 2.16. The van der Waals surface area contributed by atoms with Crippen LogP contribution in [0.25, 0.3) is 0 Å². The highest BCUT2D eigenvalue weighted by molar-refractivity contribution is 9.10. The number of nitrogens with zero attached hydrogens (tertiary/aromatic N) is 1. The van der Waals surface area contributed by atoms with Gasteiger partial charge in [0.15, 0.2) is 0 Å². The molecule has 20 heavy (non-hydrogen) atoms. The Hall–Kier alpha value is -1.50. The topological polar surface area (TPSA) is 60.2 Å². The van der Waals surface area contributed by atoms with Gasteiger partial charge in [0.25, 0.3) is 0 Å². The maximum absolute atomic E-state index is 13.4. The molecule has 1 aromatic carbocycles. The average Bonchev–Trinajstić information content (AvgIpc) is 2.43. The summed E-state index contributed by atoms with van der Waals surface area (Å²) in [7, 11) is 1.58. The number of rotatable bonds is 5. The van der Waals surface area contributed by atoms with Gasteiger partial charge in [-0.15, -0.1) is 0 Å². The van der Waals surface area contributed by atoms with Crippen LogP contribution in [0.5, 0.6) is 5.75 Å². The Balaban J connectivity index is 2.28. The van der Waals surface area contributed by atoms with Gasteiger partial charge in [0.1, 0.15) is 11.6 Å². The molecule has 0 amide bonds. The van der Waals surface area contributed by atoms with Gasteiger partial charge in [-0.25, -0.2) is 4.39 Å². The lowest BCUT2D eigenvalue weighted by atomic mass is 9.99. The average molecular weight is 340 g/mol. The van der Waals surface area contributed by atoms with E-state index in [4.69, 9.17) is 10.6 Å². The number of nitrogens with two attached hydrogens (primary N) is 1. The fourth-order valence-electron chi connectivity index (χ4n) is 2.07. The number of nitrogens with one attached hydrogen (secondary N) is 1. The van der Waals surface area contributed by atoms with Crippen molar-refractivity contribution in [2.75, 3.05) is 7.11 Å². The van der Waals surface area contributed by atoms with E-state index in [9.17, 15) is 4.39 Å². The van der Waals surface area contributed by atoms with Crippen molar-refractivity contribution in [3.63, 3.8) is 0 Å². The van der Waals surface area contributed by atoms with Crippen molar-refractivity contribution in [2.24, 2.45) is 5.84 Å². The third-order valence-electron chi connectivity index (χ3n) is 2.98. The fraction of sp³-hybridized carbons (Fsp3) is 0.214. The van der Waals surface area contributed by atoms with E-state index in [0.29, 0.717) is 16.6 Å². The molecule has 6 heteroatoms. The lowest BCUT2D eigenvalue weighted by Crippen LogP contribution is -2.30. The molecule has 0 saturated heterocycles. The standard InChI is InChI=1S/C14H15BrFN3O/c1-20-14-8-18-3-2-12(14)13(19-17)6-9-4-10(15)7-11(16)5-9/h2-5,7-8,13,19H,6,17H2,1H3. The molecule has 2 rings (SSSR count). The minimum atomic E-state index is -0.285. The quantitative estimate of drug-likeness (QED) is 0.649. The molecule has 0 saturated carbocycles. The van der Waals surface area contributed by atoms with E-state index in [2.05, 4.69) is 26.3 Å². The Morgan fingerprint density at radius 2 is 2.25 bits per heavy atom. The maximum atomic E-state index is 13.4. The monoisotopic (exact) mass is 339 g/mol. The van der Waals surface area contributed by atoms with Crippen molar-refractivity contribution in [3.8, 4) is 5.75 Å². The van der Waals surface area contributed by atoms with Gasteiger partial charge in [0.05, 0.1) is 19.3 Å². The number of benzene rings is 1. The summed E-state index contributed by atoms with van der Waals surface area (Å²) in [5.41, 5.74) is 4.45. The van der Waals surface area contributed by atoms with Gasteiger partial charge < -0.3 is 4.74 Å². The first-order chi connectivity index (χ1) is 9.63. The molecule has 2 aromatic rings. The van der Waals surface area contributed by atoms with Crippen molar-refractivity contribution in [2.45, 2.75) is 12.5 Å². The summed E-state index contributed by atoms with van der Waals surface area (Å²) in [5.74, 6) is 5.98. The molecule has 0 aliphatic carbocycles. The van der Waals surface area contributed by atoms with Gasteiger partial charge in [-0.2, -0.15) is 0 Å². The van der Waals surface area contributed by atoms with Crippen molar-refractivity contribution < 1.29 is 9.13 Å². The third kappa shape index (κ3) is 3.53. The Morgan fingerprint density at radius 3 is 2.90 bits per heavy atom. The number of pyridine rings is 1. The smallest absolute Gasteiger partial charge is 0.141 e. The van der Waals surface area contributed by atoms with Crippen LogP contribution in [0.3, 0.4) is 0 Å². The van der Waals surface area contributed by atoms with Gasteiger partial charge in [-0.1, -0.05) is 15.9 Å². The van der Waals surface area contributed by atoms with Crippen LogP contribution in [-0.4, -0.2) is 12.1 Å². The second-order valence-corrected chi connectivity index (χ2v) is 5.23. The van der Waals surface area contributed by atoms with E-state index in [0.717, 1.165) is 11.1 Å². The van der Waals surface area contributed by atoms with E-state index in [1.807, 2.05) is 12.1 Å². The van der Waals surface area contributed by atoms with Gasteiger partial charge in [-0.3, -0.25) is 16.3 Å². The molecular formula is C14H15BrFN3O. The minimum absolute atomic E-state index is 0.193. The molecule has 0 radical (unpaired) electrons. The second-order valence-electron chi connectivity index (χ2n) is 4.32. The van der Waals surface area contributed by atoms with Crippen LogP contribution in [0.2, 0.25) is 0 Å². The van der Waals surface area contributed by atoms with Gasteiger partial charge in [0, 0.05) is 16.2 Å². The Kier molecular flexibility index (Phi) is 5.05. The molecule has 4 nitrogen and oxygen atoms in total. The van der Waals surface area contributed by atoms with Gasteiger partial charge in [-0.05, 0) is 36.2 Å². The highest BCUT2D eigenvalue weighted by Crippen LogP contribution is 2.27. The van der Waals surface area contributed by atoms with E-state index < -0.39 is 0 Å². The Morgan fingerprint density at radius 1 is 1.45 bits per heavy atom. The molecule has 3 N–H and O–H groups in total. The van der Waals surface area contributed by atoms with Crippen LogP contribution in [0.15, 0.2) is 41.1 Å². The molecule has 0 bridgehead atoms. The van der Waals surface area contributed by atoms with Crippen LogP contribution in [-0.2, 0) is 6.42 Å². The van der Waals surface area contributed by atoms with Gasteiger partial charge in [0.2, 0.25) is 0 Å². The first-order valence-electron chi connectivity index (χ1n) is 6.03. The minimum Gasteiger partial charge on any atom is -0.495 e. The number of hydrazine groups is 1. The van der Waals surface area contributed by atoms with Crippen LogP contribution in [0.4, 0.5) is 4.39 Å².